The van der Waals surface area contributed by atoms with Crippen LogP contribution in [0.5, 0.6) is 0 Å². The lowest BCUT2D eigenvalue weighted by Gasteiger charge is -2.15. The number of pyridine rings is 1. The Morgan fingerprint density at radius 2 is 1.95 bits per heavy atom. The number of rotatable bonds is 3. The maximum Gasteiger partial charge on any atom is 0.420 e. The Morgan fingerprint density at radius 1 is 1.25 bits per heavy atom. The summed E-state index contributed by atoms with van der Waals surface area (Å²) in [6, 6.07) is 7.88. The maximum absolute atomic E-state index is 13.0. The van der Waals surface area contributed by atoms with Crippen LogP contribution in [0.25, 0.3) is 0 Å². The lowest BCUT2D eigenvalue weighted by molar-refractivity contribution is -0.137. The number of benzene rings is 1. The molecule has 0 atom stereocenters. The summed E-state index contributed by atoms with van der Waals surface area (Å²) in [6.07, 6.45) is -3.18. The van der Waals surface area contributed by atoms with E-state index in [9.17, 15) is 13.2 Å². The lowest BCUT2D eigenvalue weighted by Crippen LogP contribution is -2.11. The maximum atomic E-state index is 13.0. The van der Waals surface area contributed by atoms with Gasteiger partial charge in [0.15, 0.2) is 0 Å². The Morgan fingerprint density at radius 3 is 2.60 bits per heavy atom. The summed E-state index contributed by atoms with van der Waals surface area (Å²) in [6.45, 7) is 0.223. The summed E-state index contributed by atoms with van der Waals surface area (Å²) in [5.74, 6) is -0.249. The standard InChI is InChI=1S/C13H11BrF3N3/c14-9-5-10(13(15,16)17)12(19-7-9)20-11-4-2-1-3-8(11)6-18/h1-5,7H,6,18H2,(H,19,20). The quantitative estimate of drug-likeness (QED) is 0.881. The Hall–Kier alpha value is -1.60. The van der Waals surface area contributed by atoms with Gasteiger partial charge < -0.3 is 11.1 Å². The van der Waals surface area contributed by atoms with Crippen molar-refractivity contribution in [1.29, 1.82) is 0 Å². The molecule has 0 aliphatic rings. The molecule has 0 spiro atoms. The van der Waals surface area contributed by atoms with Gasteiger partial charge >= 0.3 is 6.18 Å². The summed E-state index contributed by atoms with van der Waals surface area (Å²) in [7, 11) is 0. The van der Waals surface area contributed by atoms with E-state index in [1.54, 1.807) is 24.3 Å². The van der Waals surface area contributed by atoms with Gasteiger partial charge in [0.2, 0.25) is 0 Å². The average Bonchev–Trinajstić information content (AvgIpc) is 2.40. The smallest absolute Gasteiger partial charge is 0.339 e. The topological polar surface area (TPSA) is 50.9 Å². The van der Waals surface area contributed by atoms with Crippen LogP contribution in [0.1, 0.15) is 11.1 Å². The van der Waals surface area contributed by atoms with Crippen LogP contribution in [0.4, 0.5) is 24.7 Å². The van der Waals surface area contributed by atoms with Crippen molar-refractivity contribution < 1.29 is 13.2 Å². The molecule has 0 amide bonds. The normalized spacial score (nSPS) is 11.4. The van der Waals surface area contributed by atoms with Crippen molar-refractivity contribution in [3.05, 3.63) is 52.1 Å². The third-order valence-electron chi connectivity index (χ3n) is 2.65. The molecule has 7 heteroatoms. The van der Waals surface area contributed by atoms with Crippen LogP contribution in [0.2, 0.25) is 0 Å². The molecule has 1 aromatic heterocycles. The van der Waals surface area contributed by atoms with Gasteiger partial charge in [-0.05, 0) is 33.6 Å². The first-order valence-electron chi connectivity index (χ1n) is 5.69. The van der Waals surface area contributed by atoms with E-state index < -0.39 is 11.7 Å². The van der Waals surface area contributed by atoms with Crippen molar-refractivity contribution in [3.63, 3.8) is 0 Å². The van der Waals surface area contributed by atoms with Gasteiger partial charge in [0, 0.05) is 22.9 Å². The van der Waals surface area contributed by atoms with Gasteiger partial charge in [-0.1, -0.05) is 18.2 Å². The van der Waals surface area contributed by atoms with Gasteiger partial charge in [-0.3, -0.25) is 0 Å². The van der Waals surface area contributed by atoms with Crippen molar-refractivity contribution >= 4 is 27.4 Å². The van der Waals surface area contributed by atoms with Gasteiger partial charge in [-0.2, -0.15) is 13.2 Å². The number of nitrogens with two attached hydrogens (primary N) is 1. The van der Waals surface area contributed by atoms with Crippen molar-refractivity contribution in [2.45, 2.75) is 12.7 Å². The van der Waals surface area contributed by atoms with Gasteiger partial charge in [0.1, 0.15) is 5.82 Å². The monoisotopic (exact) mass is 345 g/mol. The first-order chi connectivity index (χ1) is 9.41. The second kappa shape index (κ2) is 5.80. The fourth-order valence-corrected chi connectivity index (χ4v) is 2.03. The molecule has 0 radical (unpaired) electrons. The van der Waals surface area contributed by atoms with Crippen molar-refractivity contribution in [3.8, 4) is 0 Å². The summed E-state index contributed by atoms with van der Waals surface area (Å²) < 4.78 is 39.2. The highest BCUT2D eigenvalue weighted by Gasteiger charge is 2.34. The third-order valence-corrected chi connectivity index (χ3v) is 3.08. The molecule has 3 N–H and O–H groups in total. The van der Waals surface area contributed by atoms with E-state index in [0.717, 1.165) is 6.07 Å². The molecule has 0 saturated carbocycles. The number of hydrogen-bond donors (Lipinski definition) is 2. The third kappa shape index (κ3) is 3.29. The Bertz CT molecular complexity index is 614. The van der Waals surface area contributed by atoms with Crippen LogP contribution < -0.4 is 11.1 Å². The van der Waals surface area contributed by atoms with E-state index in [4.69, 9.17) is 5.73 Å². The fraction of sp³-hybridized carbons (Fsp3) is 0.154. The second-order valence-corrected chi connectivity index (χ2v) is 4.95. The number of aromatic nitrogens is 1. The molecule has 0 aliphatic heterocycles. The Kier molecular flexibility index (Phi) is 4.29. The van der Waals surface area contributed by atoms with Gasteiger partial charge in [0.25, 0.3) is 0 Å². The number of alkyl halides is 3. The van der Waals surface area contributed by atoms with Crippen molar-refractivity contribution in [1.82, 2.24) is 4.98 Å². The molecular weight excluding hydrogens is 335 g/mol. The van der Waals surface area contributed by atoms with Crippen LogP contribution in [0, 0.1) is 0 Å². The van der Waals surface area contributed by atoms with Crippen LogP contribution in [-0.2, 0) is 12.7 Å². The Labute approximate surface area is 122 Å². The highest BCUT2D eigenvalue weighted by Crippen LogP contribution is 2.36. The highest BCUT2D eigenvalue weighted by atomic mass is 79.9. The first-order valence-corrected chi connectivity index (χ1v) is 6.49. The molecule has 2 rings (SSSR count). The summed E-state index contributed by atoms with van der Waals surface area (Å²) in [5, 5.41) is 2.69. The molecule has 106 valence electrons. The van der Waals surface area contributed by atoms with E-state index in [1.807, 2.05) is 0 Å². The molecule has 0 saturated heterocycles. The molecule has 3 nitrogen and oxygen atoms in total. The van der Waals surface area contributed by atoms with Gasteiger partial charge in [-0.15, -0.1) is 0 Å². The lowest BCUT2D eigenvalue weighted by atomic mass is 10.1. The molecule has 2 aromatic rings. The first kappa shape index (κ1) is 14.8. The molecule has 1 heterocycles. The van der Waals surface area contributed by atoms with Crippen molar-refractivity contribution in [2.24, 2.45) is 5.73 Å². The van der Waals surface area contributed by atoms with E-state index in [0.29, 0.717) is 11.3 Å². The molecule has 0 aliphatic carbocycles. The van der Waals surface area contributed by atoms with Gasteiger partial charge in [0.05, 0.1) is 5.56 Å². The van der Waals surface area contributed by atoms with E-state index in [-0.39, 0.29) is 16.8 Å². The van der Waals surface area contributed by atoms with Crippen LogP contribution in [0.15, 0.2) is 41.0 Å². The average molecular weight is 346 g/mol. The minimum atomic E-state index is -4.49. The number of halogens is 4. The van der Waals surface area contributed by atoms with E-state index in [2.05, 4.69) is 26.2 Å². The minimum Gasteiger partial charge on any atom is -0.339 e. The summed E-state index contributed by atoms with van der Waals surface area (Å²) >= 11 is 2.99. The SMILES string of the molecule is NCc1ccccc1Nc1ncc(Br)cc1C(F)(F)F. The van der Waals surface area contributed by atoms with Crippen LogP contribution >= 0.6 is 15.9 Å². The number of para-hydroxylation sites is 1. The summed E-state index contributed by atoms with van der Waals surface area (Å²) in [4.78, 5) is 3.80. The van der Waals surface area contributed by atoms with Crippen molar-refractivity contribution in [2.75, 3.05) is 5.32 Å². The minimum absolute atomic E-state index is 0.223. The van der Waals surface area contributed by atoms with E-state index in [1.165, 1.54) is 6.20 Å². The number of nitrogens with zero attached hydrogens (tertiary/aromatic N) is 1. The largest absolute Gasteiger partial charge is 0.420 e. The fourth-order valence-electron chi connectivity index (χ4n) is 1.70. The zero-order valence-corrected chi connectivity index (χ0v) is 11.8. The molecule has 0 unspecified atom stereocenters. The van der Waals surface area contributed by atoms with Gasteiger partial charge in [-0.25, -0.2) is 4.98 Å². The zero-order valence-electron chi connectivity index (χ0n) is 10.2. The van der Waals surface area contributed by atoms with E-state index >= 15 is 0 Å². The number of hydrogen-bond acceptors (Lipinski definition) is 3. The second-order valence-electron chi connectivity index (χ2n) is 4.03. The predicted octanol–water partition coefficient (Wildman–Crippen LogP) is 4.07. The zero-order chi connectivity index (χ0) is 14.8. The van der Waals surface area contributed by atoms with Crippen LogP contribution in [0.3, 0.4) is 0 Å². The summed E-state index contributed by atoms with van der Waals surface area (Å²) in [5.41, 5.74) is 5.95. The molecule has 0 fully saturated rings. The number of nitrogens with one attached hydrogen (secondary N) is 1. The van der Waals surface area contributed by atoms with Crippen LogP contribution in [-0.4, -0.2) is 4.98 Å². The molecule has 20 heavy (non-hydrogen) atoms. The molecular formula is C13H11BrF3N3. The molecule has 1 aromatic carbocycles. The predicted molar refractivity (Wildman–Crippen MR) is 74.6 cm³/mol. The number of anilines is 2. The molecule has 0 bridgehead atoms. The highest BCUT2D eigenvalue weighted by molar-refractivity contribution is 9.10. The Balaban J connectivity index is 2.44.